The Labute approximate surface area is 185 Å². The van der Waals surface area contributed by atoms with Crippen LogP contribution in [0, 0.1) is 6.92 Å². The summed E-state index contributed by atoms with van der Waals surface area (Å²) in [4.78, 5) is 27.8. The number of rotatable bonds is 3. The van der Waals surface area contributed by atoms with E-state index in [9.17, 15) is 14.7 Å². The molecule has 0 aromatic heterocycles. The summed E-state index contributed by atoms with van der Waals surface area (Å²) < 4.78 is 11.3. The fraction of sp³-hybridized carbons (Fsp3) is 0.154. The van der Waals surface area contributed by atoms with Gasteiger partial charge < -0.3 is 14.6 Å². The van der Waals surface area contributed by atoms with E-state index in [1.54, 1.807) is 30.3 Å². The van der Waals surface area contributed by atoms with Crippen LogP contribution in [0.1, 0.15) is 22.7 Å². The number of hydrogen-bond acceptors (Lipinski definition) is 5. The van der Waals surface area contributed by atoms with Crippen molar-refractivity contribution in [3.63, 3.8) is 0 Å². The molecule has 2 heterocycles. The van der Waals surface area contributed by atoms with Crippen molar-refractivity contribution in [1.82, 2.24) is 0 Å². The van der Waals surface area contributed by atoms with Gasteiger partial charge in [0.2, 0.25) is 0 Å². The van der Waals surface area contributed by atoms with Crippen molar-refractivity contribution in [2.45, 2.75) is 13.0 Å². The van der Waals surface area contributed by atoms with Gasteiger partial charge in [-0.25, -0.2) is 0 Å². The lowest BCUT2D eigenvalue weighted by Crippen LogP contribution is -2.29. The molecule has 160 valence electrons. The maximum Gasteiger partial charge on any atom is 0.300 e. The summed E-state index contributed by atoms with van der Waals surface area (Å²) in [7, 11) is 0. The molecule has 2 aliphatic rings. The van der Waals surface area contributed by atoms with E-state index in [1.807, 2.05) is 49.4 Å². The Balaban J connectivity index is 1.68. The average Bonchev–Trinajstić information content (AvgIpc) is 3.10. The van der Waals surface area contributed by atoms with Gasteiger partial charge in [0.15, 0.2) is 11.5 Å². The third-order valence-electron chi connectivity index (χ3n) is 5.69. The van der Waals surface area contributed by atoms with Crippen LogP contribution in [0.2, 0.25) is 0 Å². The number of hydrogen-bond donors (Lipinski definition) is 1. The molecule has 1 unspecified atom stereocenters. The minimum Gasteiger partial charge on any atom is -0.507 e. The standard InChI is InChI=1S/C26H21NO5/c1-16-7-9-18(10-8-16)24(28)22-23(17-5-3-2-4-6-17)27(26(30)25(22)29)19-11-12-20-21(15-19)32-14-13-31-20/h2-12,15,23,28H,13-14H2,1H3/b24-22+. The number of aliphatic hydroxyl groups is 1. The Morgan fingerprint density at radius 3 is 2.31 bits per heavy atom. The highest BCUT2D eigenvalue weighted by Gasteiger charge is 2.47. The Kier molecular flexibility index (Phi) is 4.90. The van der Waals surface area contributed by atoms with Crippen LogP contribution in [0.3, 0.4) is 0 Å². The first-order chi connectivity index (χ1) is 15.5. The molecule has 3 aromatic carbocycles. The van der Waals surface area contributed by atoms with Gasteiger partial charge in [0.25, 0.3) is 11.7 Å². The molecule has 5 rings (SSSR count). The zero-order valence-electron chi connectivity index (χ0n) is 17.4. The maximum atomic E-state index is 13.2. The molecule has 0 spiro atoms. The van der Waals surface area contributed by atoms with Crippen molar-refractivity contribution >= 4 is 23.1 Å². The SMILES string of the molecule is Cc1ccc(/C(O)=C2\C(=O)C(=O)N(c3ccc4c(c3)OCCO4)C2c2ccccc2)cc1. The predicted octanol–water partition coefficient (Wildman–Crippen LogP) is 4.39. The normalized spacial score (nSPS) is 19.3. The van der Waals surface area contributed by atoms with Crippen molar-refractivity contribution < 1.29 is 24.2 Å². The highest BCUT2D eigenvalue weighted by Crippen LogP contribution is 2.44. The summed E-state index contributed by atoms with van der Waals surface area (Å²) in [6, 6.07) is 20.8. The molecule has 1 amide bonds. The Morgan fingerprint density at radius 1 is 0.906 bits per heavy atom. The van der Waals surface area contributed by atoms with E-state index in [2.05, 4.69) is 0 Å². The van der Waals surface area contributed by atoms with Crippen LogP contribution in [-0.4, -0.2) is 30.0 Å². The van der Waals surface area contributed by atoms with Gasteiger partial charge in [-0.3, -0.25) is 14.5 Å². The molecular formula is C26H21NO5. The van der Waals surface area contributed by atoms with Gasteiger partial charge in [-0.15, -0.1) is 0 Å². The van der Waals surface area contributed by atoms with E-state index >= 15 is 0 Å². The number of ether oxygens (including phenoxy) is 2. The molecule has 6 nitrogen and oxygen atoms in total. The van der Waals surface area contributed by atoms with Crippen LogP contribution in [0.5, 0.6) is 11.5 Å². The number of ketones is 1. The van der Waals surface area contributed by atoms with Gasteiger partial charge in [0.05, 0.1) is 11.6 Å². The van der Waals surface area contributed by atoms with Crippen molar-refractivity contribution in [2.75, 3.05) is 18.1 Å². The van der Waals surface area contributed by atoms with E-state index in [-0.39, 0.29) is 11.3 Å². The van der Waals surface area contributed by atoms with Crippen molar-refractivity contribution in [3.8, 4) is 11.5 Å². The Hall–Kier alpha value is -4.06. The molecule has 1 saturated heterocycles. The van der Waals surface area contributed by atoms with Crippen LogP contribution in [-0.2, 0) is 9.59 Å². The number of benzene rings is 3. The Morgan fingerprint density at radius 2 is 1.59 bits per heavy atom. The molecular weight excluding hydrogens is 406 g/mol. The van der Waals surface area contributed by atoms with Crippen LogP contribution in [0.25, 0.3) is 5.76 Å². The van der Waals surface area contributed by atoms with Gasteiger partial charge in [-0.2, -0.15) is 0 Å². The van der Waals surface area contributed by atoms with Crippen LogP contribution in [0.15, 0.2) is 78.4 Å². The summed E-state index contributed by atoms with van der Waals surface area (Å²) >= 11 is 0. The number of nitrogens with zero attached hydrogens (tertiary/aromatic N) is 1. The molecule has 1 atom stereocenters. The highest BCUT2D eigenvalue weighted by molar-refractivity contribution is 6.51. The van der Waals surface area contributed by atoms with E-state index in [0.29, 0.717) is 36.0 Å². The van der Waals surface area contributed by atoms with E-state index in [0.717, 1.165) is 11.1 Å². The summed E-state index contributed by atoms with van der Waals surface area (Å²) in [6.45, 7) is 2.80. The van der Waals surface area contributed by atoms with Gasteiger partial charge >= 0.3 is 0 Å². The lowest BCUT2D eigenvalue weighted by atomic mass is 9.95. The largest absolute Gasteiger partial charge is 0.507 e. The number of aliphatic hydroxyl groups excluding tert-OH is 1. The third-order valence-corrected chi connectivity index (χ3v) is 5.69. The molecule has 32 heavy (non-hydrogen) atoms. The first-order valence-electron chi connectivity index (χ1n) is 10.4. The zero-order chi connectivity index (χ0) is 22.2. The third kappa shape index (κ3) is 3.30. The molecule has 0 aliphatic carbocycles. The average molecular weight is 427 g/mol. The van der Waals surface area contributed by atoms with Crippen molar-refractivity contribution in [2.24, 2.45) is 0 Å². The highest BCUT2D eigenvalue weighted by atomic mass is 16.6. The topological polar surface area (TPSA) is 76.1 Å². The fourth-order valence-electron chi connectivity index (χ4n) is 4.10. The van der Waals surface area contributed by atoms with Gasteiger partial charge in [0.1, 0.15) is 19.0 Å². The van der Waals surface area contributed by atoms with E-state index in [1.165, 1.54) is 4.90 Å². The number of amides is 1. The maximum absolute atomic E-state index is 13.2. The summed E-state index contributed by atoms with van der Waals surface area (Å²) in [5.74, 6) is -0.526. The van der Waals surface area contributed by atoms with Crippen molar-refractivity contribution in [1.29, 1.82) is 0 Å². The second kappa shape index (κ2) is 7.89. The molecule has 2 aliphatic heterocycles. The first-order valence-corrected chi connectivity index (χ1v) is 10.4. The number of Topliss-reactive ketones (excluding diaryl/α,β-unsaturated/α-hetero) is 1. The van der Waals surface area contributed by atoms with Crippen LogP contribution >= 0.6 is 0 Å². The van der Waals surface area contributed by atoms with E-state index in [4.69, 9.17) is 9.47 Å². The summed E-state index contributed by atoms with van der Waals surface area (Å²) in [5, 5.41) is 11.1. The summed E-state index contributed by atoms with van der Waals surface area (Å²) in [5.41, 5.74) is 2.78. The fourth-order valence-corrected chi connectivity index (χ4v) is 4.10. The quantitative estimate of drug-likeness (QED) is 0.381. The number of anilines is 1. The Bertz CT molecular complexity index is 1230. The molecule has 0 radical (unpaired) electrons. The first kappa shape index (κ1) is 19.9. The molecule has 1 fully saturated rings. The van der Waals surface area contributed by atoms with Crippen LogP contribution < -0.4 is 14.4 Å². The minimum absolute atomic E-state index is 0.0555. The summed E-state index contributed by atoms with van der Waals surface area (Å²) in [6.07, 6.45) is 0. The predicted molar refractivity (Wildman–Crippen MR) is 120 cm³/mol. The number of carbonyl (C=O) groups excluding carboxylic acids is 2. The van der Waals surface area contributed by atoms with Gasteiger partial charge in [-0.1, -0.05) is 60.2 Å². The van der Waals surface area contributed by atoms with Crippen molar-refractivity contribution in [3.05, 3.63) is 95.1 Å². The smallest absolute Gasteiger partial charge is 0.300 e. The minimum atomic E-state index is -0.778. The van der Waals surface area contributed by atoms with E-state index < -0.39 is 17.7 Å². The molecule has 1 N–H and O–H groups in total. The zero-order valence-corrected chi connectivity index (χ0v) is 17.4. The lowest BCUT2D eigenvalue weighted by molar-refractivity contribution is -0.132. The second-order valence-corrected chi connectivity index (χ2v) is 7.77. The lowest BCUT2D eigenvalue weighted by Gasteiger charge is -2.27. The van der Waals surface area contributed by atoms with Gasteiger partial charge in [-0.05, 0) is 24.6 Å². The second-order valence-electron chi connectivity index (χ2n) is 7.77. The molecule has 0 bridgehead atoms. The number of carbonyl (C=O) groups is 2. The number of aryl methyl sites for hydroxylation is 1. The molecule has 3 aromatic rings. The molecule has 0 saturated carbocycles. The van der Waals surface area contributed by atoms with Gasteiger partial charge in [0, 0.05) is 17.3 Å². The monoisotopic (exact) mass is 427 g/mol. The molecule has 6 heteroatoms. The van der Waals surface area contributed by atoms with Crippen LogP contribution in [0.4, 0.5) is 5.69 Å². The number of fused-ring (bicyclic) bond motifs is 1.